The Hall–Kier alpha value is -1.30. The molecule has 2 unspecified atom stereocenters. The van der Waals surface area contributed by atoms with Crippen LogP contribution < -0.4 is 10.6 Å². The van der Waals surface area contributed by atoms with Gasteiger partial charge in [0.1, 0.15) is 0 Å². The number of urea groups is 1. The van der Waals surface area contributed by atoms with Crippen molar-refractivity contribution in [2.75, 3.05) is 13.2 Å². The van der Waals surface area contributed by atoms with Crippen LogP contribution >= 0.6 is 0 Å². The van der Waals surface area contributed by atoms with Crippen LogP contribution in [0.25, 0.3) is 0 Å². The lowest BCUT2D eigenvalue weighted by molar-refractivity contribution is -0.142. The maximum absolute atomic E-state index is 12.0. The molecule has 6 nitrogen and oxygen atoms in total. The van der Waals surface area contributed by atoms with Crippen molar-refractivity contribution in [1.29, 1.82) is 0 Å². The van der Waals surface area contributed by atoms with Crippen molar-refractivity contribution in [3.8, 4) is 0 Å². The summed E-state index contributed by atoms with van der Waals surface area (Å²) >= 11 is 0. The van der Waals surface area contributed by atoms with Crippen LogP contribution in [0.4, 0.5) is 4.79 Å². The molecule has 1 heterocycles. The van der Waals surface area contributed by atoms with Crippen LogP contribution in [0.3, 0.4) is 0 Å². The molecule has 0 radical (unpaired) electrons. The topological polar surface area (TPSA) is 87.7 Å². The smallest absolute Gasteiger partial charge is 0.315 e. The SMILES string of the molecule is CC(C)C1OCCC1CNC(=O)NC1CCC(C(=O)O)CC1. The Labute approximate surface area is 132 Å². The minimum Gasteiger partial charge on any atom is -0.481 e. The first-order valence-corrected chi connectivity index (χ1v) is 8.36. The zero-order chi connectivity index (χ0) is 16.1. The van der Waals surface area contributed by atoms with Gasteiger partial charge in [-0.3, -0.25) is 4.79 Å². The fourth-order valence-electron chi connectivity index (χ4n) is 3.56. The fourth-order valence-corrected chi connectivity index (χ4v) is 3.56. The molecule has 1 aliphatic carbocycles. The molecule has 1 aliphatic heterocycles. The second kappa shape index (κ2) is 7.81. The number of carboxylic acid groups (broad SMARTS) is 1. The number of hydrogen-bond donors (Lipinski definition) is 3. The molecule has 0 spiro atoms. The van der Waals surface area contributed by atoms with Gasteiger partial charge in [-0.2, -0.15) is 0 Å². The minimum absolute atomic E-state index is 0.0938. The first-order chi connectivity index (χ1) is 10.5. The Bertz CT molecular complexity index is 392. The lowest BCUT2D eigenvalue weighted by atomic mass is 9.86. The molecule has 1 saturated carbocycles. The highest BCUT2D eigenvalue weighted by Crippen LogP contribution is 2.26. The van der Waals surface area contributed by atoms with Crippen molar-refractivity contribution in [1.82, 2.24) is 10.6 Å². The van der Waals surface area contributed by atoms with E-state index in [2.05, 4.69) is 24.5 Å². The minimum atomic E-state index is -0.719. The Balaban J connectivity index is 1.67. The summed E-state index contributed by atoms with van der Waals surface area (Å²) in [6.45, 7) is 5.70. The molecule has 3 N–H and O–H groups in total. The molecule has 0 aromatic heterocycles. The highest BCUT2D eigenvalue weighted by molar-refractivity contribution is 5.74. The number of carbonyl (C=O) groups excluding carboxylic acids is 1. The number of ether oxygens (including phenoxy) is 1. The maximum atomic E-state index is 12.0. The summed E-state index contributed by atoms with van der Waals surface area (Å²) in [6, 6.07) is -0.0514. The molecule has 0 aromatic carbocycles. The summed E-state index contributed by atoms with van der Waals surface area (Å²) in [5, 5.41) is 14.9. The third-order valence-electron chi connectivity index (χ3n) is 4.86. The third-order valence-corrected chi connectivity index (χ3v) is 4.86. The first-order valence-electron chi connectivity index (χ1n) is 8.36. The van der Waals surface area contributed by atoms with Gasteiger partial charge in [-0.15, -0.1) is 0 Å². The third kappa shape index (κ3) is 4.60. The predicted molar refractivity (Wildman–Crippen MR) is 82.6 cm³/mol. The molecular formula is C16H28N2O4. The highest BCUT2D eigenvalue weighted by atomic mass is 16.5. The molecule has 2 atom stereocenters. The number of nitrogens with one attached hydrogen (secondary N) is 2. The van der Waals surface area contributed by atoms with E-state index in [0.29, 0.717) is 31.2 Å². The van der Waals surface area contributed by atoms with Gasteiger partial charge in [0.05, 0.1) is 12.0 Å². The van der Waals surface area contributed by atoms with Gasteiger partial charge in [-0.25, -0.2) is 4.79 Å². The van der Waals surface area contributed by atoms with E-state index in [1.165, 1.54) is 0 Å². The second-order valence-electron chi connectivity index (χ2n) is 6.87. The van der Waals surface area contributed by atoms with Gasteiger partial charge in [0.2, 0.25) is 0 Å². The van der Waals surface area contributed by atoms with Gasteiger partial charge in [-0.05, 0) is 38.0 Å². The number of amides is 2. The Morgan fingerprint density at radius 3 is 2.45 bits per heavy atom. The molecule has 0 aromatic rings. The standard InChI is InChI=1S/C16H28N2O4/c1-10(2)14-12(7-8-22-14)9-17-16(21)18-13-5-3-11(4-6-13)15(19)20/h10-14H,3-9H2,1-2H3,(H,19,20)(H2,17,18,21). The van der Waals surface area contributed by atoms with Gasteiger partial charge >= 0.3 is 12.0 Å². The molecule has 22 heavy (non-hydrogen) atoms. The number of rotatable bonds is 5. The summed E-state index contributed by atoms with van der Waals surface area (Å²) in [7, 11) is 0. The van der Waals surface area contributed by atoms with E-state index >= 15 is 0 Å². The number of carboxylic acids is 1. The van der Waals surface area contributed by atoms with Gasteiger partial charge < -0.3 is 20.5 Å². The van der Waals surface area contributed by atoms with Crippen LogP contribution in [0.1, 0.15) is 46.0 Å². The van der Waals surface area contributed by atoms with Crippen LogP contribution in [0.15, 0.2) is 0 Å². The maximum Gasteiger partial charge on any atom is 0.315 e. The average Bonchev–Trinajstić information content (AvgIpc) is 2.94. The van der Waals surface area contributed by atoms with E-state index in [1.54, 1.807) is 0 Å². The van der Waals surface area contributed by atoms with Crippen molar-refractivity contribution < 1.29 is 19.4 Å². The predicted octanol–water partition coefficient (Wildman–Crippen LogP) is 1.99. The molecule has 2 fully saturated rings. The summed E-state index contributed by atoms with van der Waals surface area (Å²) in [5.74, 6) is -0.121. The van der Waals surface area contributed by atoms with E-state index in [4.69, 9.17) is 9.84 Å². The van der Waals surface area contributed by atoms with Gasteiger partial charge in [0.15, 0.2) is 0 Å². The van der Waals surface area contributed by atoms with Crippen molar-refractivity contribution >= 4 is 12.0 Å². The van der Waals surface area contributed by atoms with E-state index in [0.717, 1.165) is 25.9 Å². The Morgan fingerprint density at radius 2 is 1.86 bits per heavy atom. The van der Waals surface area contributed by atoms with E-state index in [9.17, 15) is 9.59 Å². The monoisotopic (exact) mass is 312 g/mol. The molecule has 2 amide bonds. The molecule has 2 rings (SSSR count). The second-order valence-corrected chi connectivity index (χ2v) is 6.87. The van der Waals surface area contributed by atoms with Crippen molar-refractivity contribution in [2.45, 2.75) is 58.1 Å². The van der Waals surface area contributed by atoms with E-state index in [-0.39, 0.29) is 24.1 Å². The molecule has 0 bridgehead atoms. The lowest BCUT2D eigenvalue weighted by Crippen LogP contribution is -2.46. The summed E-state index contributed by atoms with van der Waals surface area (Å²) in [4.78, 5) is 22.9. The summed E-state index contributed by atoms with van der Waals surface area (Å²) in [5.41, 5.74) is 0. The fraction of sp³-hybridized carbons (Fsp3) is 0.875. The van der Waals surface area contributed by atoms with Crippen LogP contribution in [-0.2, 0) is 9.53 Å². The summed E-state index contributed by atoms with van der Waals surface area (Å²) in [6.07, 6.45) is 3.99. The average molecular weight is 312 g/mol. The van der Waals surface area contributed by atoms with E-state index in [1.807, 2.05) is 0 Å². The van der Waals surface area contributed by atoms with Crippen LogP contribution in [0.2, 0.25) is 0 Å². The number of carbonyl (C=O) groups is 2. The molecular weight excluding hydrogens is 284 g/mol. The van der Waals surface area contributed by atoms with E-state index < -0.39 is 5.97 Å². The van der Waals surface area contributed by atoms with Crippen LogP contribution in [0, 0.1) is 17.8 Å². The first kappa shape index (κ1) is 17.1. The number of aliphatic carboxylic acids is 1. The normalized spacial score (nSPS) is 32.0. The number of hydrogen-bond acceptors (Lipinski definition) is 3. The Morgan fingerprint density at radius 1 is 1.18 bits per heavy atom. The van der Waals surface area contributed by atoms with Crippen molar-refractivity contribution in [3.05, 3.63) is 0 Å². The Kier molecular flexibility index (Phi) is 6.06. The summed E-state index contributed by atoms with van der Waals surface area (Å²) < 4.78 is 5.72. The van der Waals surface area contributed by atoms with Gasteiger partial charge in [0.25, 0.3) is 0 Å². The molecule has 126 valence electrons. The molecule has 1 saturated heterocycles. The van der Waals surface area contributed by atoms with Crippen molar-refractivity contribution in [2.24, 2.45) is 17.8 Å². The molecule has 2 aliphatic rings. The van der Waals surface area contributed by atoms with Gasteiger partial charge in [-0.1, -0.05) is 13.8 Å². The quantitative estimate of drug-likeness (QED) is 0.724. The highest BCUT2D eigenvalue weighted by Gasteiger charge is 2.31. The zero-order valence-corrected chi connectivity index (χ0v) is 13.5. The zero-order valence-electron chi connectivity index (χ0n) is 13.5. The van der Waals surface area contributed by atoms with Crippen molar-refractivity contribution in [3.63, 3.8) is 0 Å². The van der Waals surface area contributed by atoms with Crippen LogP contribution in [-0.4, -0.2) is 42.4 Å². The van der Waals surface area contributed by atoms with Gasteiger partial charge in [0, 0.05) is 25.1 Å². The molecule has 6 heteroatoms. The largest absolute Gasteiger partial charge is 0.481 e. The lowest BCUT2D eigenvalue weighted by Gasteiger charge is -2.27. The van der Waals surface area contributed by atoms with Crippen LogP contribution in [0.5, 0.6) is 0 Å².